The van der Waals surface area contributed by atoms with Crippen LogP contribution in [0.15, 0.2) is 24.5 Å². The molecule has 19 heavy (non-hydrogen) atoms. The molecule has 2 aromatic rings. The minimum Gasteiger partial charge on any atom is -0.384 e. The molecule has 0 unspecified atom stereocenters. The standard InChI is InChI=1S/C13H17N5O/c1-2-3-11-4-10(5-12(14)18-11)13(19)15-6-9-7-16-17-8-9/h4-5,7-8H,2-3,6H2,1H3,(H2,14,18)(H,15,19)(H,16,17). The van der Waals surface area contributed by atoms with E-state index in [4.69, 9.17) is 5.73 Å². The molecule has 0 radical (unpaired) electrons. The first-order valence-electron chi connectivity index (χ1n) is 6.21. The topological polar surface area (TPSA) is 96.7 Å². The van der Waals surface area contributed by atoms with Crippen LogP contribution in [0, 0.1) is 0 Å². The van der Waals surface area contributed by atoms with Crippen molar-refractivity contribution in [1.29, 1.82) is 0 Å². The van der Waals surface area contributed by atoms with Gasteiger partial charge in [-0.15, -0.1) is 0 Å². The molecule has 0 aliphatic heterocycles. The second-order valence-corrected chi connectivity index (χ2v) is 4.31. The number of aromatic nitrogens is 3. The molecule has 2 rings (SSSR count). The maximum atomic E-state index is 12.0. The fourth-order valence-corrected chi connectivity index (χ4v) is 1.78. The van der Waals surface area contributed by atoms with Crippen LogP contribution in [0.1, 0.15) is 35.0 Å². The minimum absolute atomic E-state index is 0.160. The largest absolute Gasteiger partial charge is 0.384 e. The SMILES string of the molecule is CCCc1cc(C(=O)NCc2cn[nH]c2)cc(N)n1. The van der Waals surface area contributed by atoms with Gasteiger partial charge in [0.05, 0.1) is 6.20 Å². The number of nitrogens with two attached hydrogens (primary N) is 1. The van der Waals surface area contributed by atoms with Crippen molar-refractivity contribution in [1.82, 2.24) is 20.5 Å². The molecule has 2 aromatic heterocycles. The number of aromatic amines is 1. The number of nitrogen functional groups attached to an aromatic ring is 1. The molecule has 0 aromatic carbocycles. The van der Waals surface area contributed by atoms with E-state index in [0.29, 0.717) is 17.9 Å². The van der Waals surface area contributed by atoms with Gasteiger partial charge in [-0.05, 0) is 18.6 Å². The van der Waals surface area contributed by atoms with E-state index in [2.05, 4.69) is 27.4 Å². The lowest BCUT2D eigenvalue weighted by Gasteiger charge is -2.07. The molecule has 0 fully saturated rings. The van der Waals surface area contributed by atoms with Crippen molar-refractivity contribution in [2.24, 2.45) is 0 Å². The molecule has 0 aliphatic carbocycles. The summed E-state index contributed by atoms with van der Waals surface area (Å²) in [6.07, 6.45) is 5.19. The Bertz CT molecular complexity index is 550. The molecule has 0 aliphatic rings. The number of nitrogens with one attached hydrogen (secondary N) is 2. The van der Waals surface area contributed by atoms with E-state index in [9.17, 15) is 4.79 Å². The lowest BCUT2D eigenvalue weighted by Crippen LogP contribution is -2.23. The smallest absolute Gasteiger partial charge is 0.251 e. The highest BCUT2D eigenvalue weighted by Crippen LogP contribution is 2.10. The summed E-state index contributed by atoms with van der Waals surface area (Å²) in [7, 11) is 0. The van der Waals surface area contributed by atoms with Crippen molar-refractivity contribution in [3.63, 3.8) is 0 Å². The number of amides is 1. The van der Waals surface area contributed by atoms with E-state index in [-0.39, 0.29) is 5.91 Å². The zero-order chi connectivity index (χ0) is 13.7. The second kappa shape index (κ2) is 5.99. The lowest BCUT2D eigenvalue weighted by molar-refractivity contribution is 0.0950. The van der Waals surface area contributed by atoms with Crippen LogP contribution in [0.4, 0.5) is 5.82 Å². The van der Waals surface area contributed by atoms with Crippen molar-refractivity contribution >= 4 is 11.7 Å². The van der Waals surface area contributed by atoms with E-state index in [1.165, 1.54) is 0 Å². The zero-order valence-electron chi connectivity index (χ0n) is 10.8. The Morgan fingerprint density at radius 1 is 1.47 bits per heavy atom. The molecule has 100 valence electrons. The van der Waals surface area contributed by atoms with E-state index < -0.39 is 0 Å². The number of aryl methyl sites for hydroxylation is 1. The van der Waals surface area contributed by atoms with Crippen LogP contribution in [0.3, 0.4) is 0 Å². The normalized spacial score (nSPS) is 10.4. The molecule has 6 heteroatoms. The van der Waals surface area contributed by atoms with Gasteiger partial charge in [0.15, 0.2) is 0 Å². The fourth-order valence-electron chi connectivity index (χ4n) is 1.78. The average Bonchev–Trinajstić information content (AvgIpc) is 2.88. The predicted octanol–water partition coefficient (Wildman–Crippen LogP) is 1.27. The average molecular weight is 259 g/mol. The Balaban J connectivity index is 2.05. The molecule has 0 atom stereocenters. The highest BCUT2D eigenvalue weighted by atomic mass is 16.1. The Kier molecular flexibility index (Phi) is 4.12. The number of H-pyrrole nitrogens is 1. The van der Waals surface area contributed by atoms with Crippen molar-refractivity contribution in [3.8, 4) is 0 Å². The number of carbonyl (C=O) groups is 1. The van der Waals surface area contributed by atoms with Gasteiger partial charge in [0.2, 0.25) is 0 Å². The summed E-state index contributed by atoms with van der Waals surface area (Å²) >= 11 is 0. The van der Waals surface area contributed by atoms with Gasteiger partial charge in [0, 0.05) is 29.6 Å². The Labute approximate surface area is 111 Å². The van der Waals surface area contributed by atoms with Crippen molar-refractivity contribution in [3.05, 3.63) is 41.3 Å². The lowest BCUT2D eigenvalue weighted by atomic mass is 10.1. The summed E-state index contributed by atoms with van der Waals surface area (Å²) in [5.41, 5.74) is 8.02. The number of carbonyl (C=O) groups excluding carboxylic acids is 1. The molecule has 6 nitrogen and oxygen atoms in total. The summed E-state index contributed by atoms with van der Waals surface area (Å²) in [6.45, 7) is 2.49. The van der Waals surface area contributed by atoms with Crippen LogP contribution in [-0.2, 0) is 13.0 Å². The van der Waals surface area contributed by atoms with E-state index in [0.717, 1.165) is 24.1 Å². The predicted molar refractivity (Wildman–Crippen MR) is 72.4 cm³/mol. The first-order valence-corrected chi connectivity index (χ1v) is 6.21. The van der Waals surface area contributed by atoms with Gasteiger partial charge in [-0.3, -0.25) is 9.89 Å². The highest BCUT2D eigenvalue weighted by Gasteiger charge is 2.08. The number of hydrogen-bond donors (Lipinski definition) is 3. The summed E-state index contributed by atoms with van der Waals surface area (Å²) in [5.74, 6) is 0.215. The molecule has 2 heterocycles. The summed E-state index contributed by atoms with van der Waals surface area (Å²) < 4.78 is 0. The fraction of sp³-hybridized carbons (Fsp3) is 0.308. The van der Waals surface area contributed by atoms with Gasteiger partial charge < -0.3 is 11.1 Å². The van der Waals surface area contributed by atoms with E-state index >= 15 is 0 Å². The van der Waals surface area contributed by atoms with Crippen molar-refractivity contribution in [2.45, 2.75) is 26.3 Å². The molecular weight excluding hydrogens is 242 g/mol. The first kappa shape index (κ1) is 13.1. The minimum atomic E-state index is -0.160. The van der Waals surface area contributed by atoms with Crippen LogP contribution < -0.4 is 11.1 Å². The van der Waals surface area contributed by atoms with Crippen molar-refractivity contribution < 1.29 is 4.79 Å². The molecule has 0 saturated heterocycles. The molecule has 0 saturated carbocycles. The monoisotopic (exact) mass is 259 g/mol. The van der Waals surface area contributed by atoms with E-state index in [1.54, 1.807) is 24.5 Å². The van der Waals surface area contributed by atoms with Gasteiger partial charge in [0.25, 0.3) is 5.91 Å². The highest BCUT2D eigenvalue weighted by molar-refractivity contribution is 5.94. The molecule has 1 amide bonds. The number of rotatable bonds is 5. The quantitative estimate of drug-likeness (QED) is 0.753. The second-order valence-electron chi connectivity index (χ2n) is 4.31. The third kappa shape index (κ3) is 3.54. The third-order valence-electron chi connectivity index (χ3n) is 2.67. The number of nitrogens with zero attached hydrogens (tertiary/aromatic N) is 2. The zero-order valence-corrected chi connectivity index (χ0v) is 10.8. The molecule has 4 N–H and O–H groups in total. The Morgan fingerprint density at radius 3 is 3.00 bits per heavy atom. The number of pyridine rings is 1. The first-order chi connectivity index (χ1) is 9.19. The Hall–Kier alpha value is -2.37. The molecule has 0 bridgehead atoms. The summed E-state index contributed by atoms with van der Waals surface area (Å²) in [5, 5.41) is 9.33. The van der Waals surface area contributed by atoms with Crippen LogP contribution in [0.5, 0.6) is 0 Å². The van der Waals surface area contributed by atoms with Gasteiger partial charge in [0.1, 0.15) is 5.82 Å². The number of anilines is 1. The van der Waals surface area contributed by atoms with Gasteiger partial charge in [-0.1, -0.05) is 13.3 Å². The summed E-state index contributed by atoms with van der Waals surface area (Å²) in [6, 6.07) is 3.37. The van der Waals surface area contributed by atoms with Gasteiger partial charge >= 0.3 is 0 Å². The third-order valence-corrected chi connectivity index (χ3v) is 2.67. The Morgan fingerprint density at radius 2 is 2.32 bits per heavy atom. The van der Waals surface area contributed by atoms with Crippen molar-refractivity contribution in [2.75, 3.05) is 5.73 Å². The maximum absolute atomic E-state index is 12.0. The van der Waals surface area contributed by atoms with Gasteiger partial charge in [-0.25, -0.2) is 4.98 Å². The molecule has 0 spiro atoms. The van der Waals surface area contributed by atoms with Crippen LogP contribution >= 0.6 is 0 Å². The van der Waals surface area contributed by atoms with Crippen LogP contribution in [-0.4, -0.2) is 21.1 Å². The van der Waals surface area contributed by atoms with E-state index in [1.807, 2.05) is 0 Å². The summed E-state index contributed by atoms with van der Waals surface area (Å²) in [4.78, 5) is 16.2. The maximum Gasteiger partial charge on any atom is 0.251 e. The number of hydrogen-bond acceptors (Lipinski definition) is 4. The van der Waals surface area contributed by atoms with Crippen LogP contribution in [0.25, 0.3) is 0 Å². The molecular formula is C13H17N5O. The van der Waals surface area contributed by atoms with Gasteiger partial charge in [-0.2, -0.15) is 5.10 Å². The van der Waals surface area contributed by atoms with Crippen LogP contribution in [0.2, 0.25) is 0 Å².